The summed E-state index contributed by atoms with van der Waals surface area (Å²) in [7, 11) is 0. The van der Waals surface area contributed by atoms with Crippen LogP contribution in [0.25, 0.3) is 0 Å². The molecule has 1 N–H and O–H groups in total. The lowest BCUT2D eigenvalue weighted by molar-refractivity contribution is 0.0545. The molecule has 1 saturated carbocycles. The van der Waals surface area contributed by atoms with E-state index in [1.807, 2.05) is 4.90 Å². The van der Waals surface area contributed by atoms with Gasteiger partial charge in [0.1, 0.15) is 11.6 Å². The number of benzene rings is 1. The SMILES string of the molecule is O=C(c1cc(F)ccc1O)N1CCCC2CCCC21. The van der Waals surface area contributed by atoms with Crippen LogP contribution in [0.15, 0.2) is 18.2 Å². The van der Waals surface area contributed by atoms with Gasteiger partial charge in [0.05, 0.1) is 5.56 Å². The minimum absolute atomic E-state index is 0.0903. The van der Waals surface area contributed by atoms with Crippen LogP contribution >= 0.6 is 0 Å². The molecule has 1 aliphatic carbocycles. The first-order valence-corrected chi connectivity index (χ1v) is 6.96. The lowest BCUT2D eigenvalue weighted by Gasteiger charge is -2.37. The van der Waals surface area contributed by atoms with Gasteiger partial charge in [0.15, 0.2) is 0 Å². The van der Waals surface area contributed by atoms with E-state index in [-0.39, 0.29) is 23.3 Å². The summed E-state index contributed by atoms with van der Waals surface area (Å²) in [6, 6.07) is 3.83. The standard InChI is InChI=1S/C15H18FNO2/c16-11-6-7-14(18)12(9-11)15(19)17-8-2-4-10-3-1-5-13(10)17/h6-7,9-10,13,18H,1-5,8H2. The third-order valence-corrected chi connectivity index (χ3v) is 4.44. The molecule has 0 bridgehead atoms. The molecule has 2 atom stereocenters. The highest BCUT2D eigenvalue weighted by Gasteiger charge is 2.38. The van der Waals surface area contributed by atoms with Gasteiger partial charge in [-0.15, -0.1) is 0 Å². The average molecular weight is 263 g/mol. The van der Waals surface area contributed by atoms with Crippen molar-refractivity contribution in [3.63, 3.8) is 0 Å². The van der Waals surface area contributed by atoms with Crippen LogP contribution in [0.4, 0.5) is 4.39 Å². The fourth-order valence-corrected chi connectivity index (χ4v) is 3.54. The number of aromatic hydroxyl groups is 1. The second-order valence-electron chi connectivity index (χ2n) is 5.56. The third-order valence-electron chi connectivity index (χ3n) is 4.44. The maximum Gasteiger partial charge on any atom is 0.257 e. The van der Waals surface area contributed by atoms with E-state index < -0.39 is 5.82 Å². The van der Waals surface area contributed by atoms with Gasteiger partial charge >= 0.3 is 0 Å². The minimum Gasteiger partial charge on any atom is -0.507 e. The molecule has 1 aliphatic heterocycles. The first-order chi connectivity index (χ1) is 9.16. The van der Waals surface area contributed by atoms with Crippen molar-refractivity contribution >= 4 is 5.91 Å². The summed E-state index contributed by atoms with van der Waals surface area (Å²) in [6.45, 7) is 0.718. The van der Waals surface area contributed by atoms with Gasteiger partial charge in [0, 0.05) is 12.6 Å². The summed E-state index contributed by atoms with van der Waals surface area (Å²) in [6.07, 6.45) is 5.57. The highest BCUT2D eigenvalue weighted by molar-refractivity contribution is 5.97. The number of hydrogen-bond donors (Lipinski definition) is 1. The maximum absolute atomic E-state index is 13.3. The second-order valence-corrected chi connectivity index (χ2v) is 5.56. The Morgan fingerprint density at radius 1 is 1.26 bits per heavy atom. The van der Waals surface area contributed by atoms with Crippen LogP contribution in [0.5, 0.6) is 5.75 Å². The Hall–Kier alpha value is -1.58. The zero-order valence-corrected chi connectivity index (χ0v) is 10.8. The smallest absolute Gasteiger partial charge is 0.257 e. The van der Waals surface area contributed by atoms with Gasteiger partial charge in [0.2, 0.25) is 0 Å². The molecule has 4 heteroatoms. The number of nitrogens with zero attached hydrogens (tertiary/aromatic N) is 1. The minimum atomic E-state index is -0.485. The lowest BCUT2D eigenvalue weighted by atomic mass is 9.91. The van der Waals surface area contributed by atoms with E-state index in [1.54, 1.807) is 0 Å². The molecule has 102 valence electrons. The van der Waals surface area contributed by atoms with Crippen molar-refractivity contribution in [1.29, 1.82) is 0 Å². The van der Waals surface area contributed by atoms with E-state index in [9.17, 15) is 14.3 Å². The van der Waals surface area contributed by atoms with E-state index in [0.29, 0.717) is 5.92 Å². The number of likely N-dealkylation sites (tertiary alicyclic amines) is 1. The van der Waals surface area contributed by atoms with Crippen LogP contribution in [0.1, 0.15) is 42.5 Å². The van der Waals surface area contributed by atoms with Gasteiger partial charge in [-0.1, -0.05) is 6.42 Å². The van der Waals surface area contributed by atoms with Crippen LogP contribution < -0.4 is 0 Å². The Balaban J connectivity index is 1.88. The first-order valence-electron chi connectivity index (χ1n) is 6.96. The topological polar surface area (TPSA) is 40.5 Å². The van der Waals surface area contributed by atoms with Gasteiger partial charge in [-0.05, 0) is 49.8 Å². The molecule has 2 aliphatic rings. The molecular formula is C15H18FNO2. The molecule has 19 heavy (non-hydrogen) atoms. The number of rotatable bonds is 1. The Morgan fingerprint density at radius 3 is 2.89 bits per heavy atom. The zero-order chi connectivity index (χ0) is 13.4. The molecule has 3 rings (SSSR count). The van der Waals surface area contributed by atoms with Crippen molar-refractivity contribution in [2.24, 2.45) is 5.92 Å². The van der Waals surface area contributed by atoms with Crippen molar-refractivity contribution < 1.29 is 14.3 Å². The summed E-state index contributed by atoms with van der Waals surface area (Å²) in [5, 5.41) is 9.76. The number of phenolic OH excluding ortho intramolecular Hbond substituents is 1. The number of fused-ring (bicyclic) bond motifs is 1. The number of carbonyl (C=O) groups excluding carboxylic acids is 1. The van der Waals surface area contributed by atoms with Crippen LogP contribution in [0, 0.1) is 11.7 Å². The van der Waals surface area contributed by atoms with Crippen LogP contribution in [-0.4, -0.2) is 28.5 Å². The molecular weight excluding hydrogens is 245 g/mol. The molecule has 1 heterocycles. The van der Waals surface area contributed by atoms with Gasteiger partial charge in [-0.3, -0.25) is 4.79 Å². The summed E-state index contributed by atoms with van der Waals surface area (Å²) < 4.78 is 13.3. The molecule has 1 aromatic carbocycles. The summed E-state index contributed by atoms with van der Waals surface area (Å²) >= 11 is 0. The Bertz CT molecular complexity index is 503. The molecule has 2 unspecified atom stereocenters. The predicted octanol–water partition coefficient (Wildman–Crippen LogP) is 2.94. The molecule has 1 amide bonds. The molecule has 2 fully saturated rings. The summed E-state index contributed by atoms with van der Waals surface area (Å²) in [5.74, 6) is -0.255. The van der Waals surface area contributed by atoms with E-state index in [2.05, 4.69) is 0 Å². The molecule has 1 aromatic rings. The quantitative estimate of drug-likeness (QED) is 0.846. The van der Waals surface area contributed by atoms with Crippen molar-refractivity contribution in [2.75, 3.05) is 6.54 Å². The number of hydrogen-bond acceptors (Lipinski definition) is 2. The first kappa shape index (κ1) is 12.5. The Labute approximate surface area is 112 Å². The second kappa shape index (κ2) is 4.83. The van der Waals surface area contributed by atoms with Crippen LogP contribution in [0.2, 0.25) is 0 Å². The van der Waals surface area contributed by atoms with Crippen molar-refractivity contribution in [2.45, 2.75) is 38.1 Å². The molecule has 1 saturated heterocycles. The number of amides is 1. The molecule has 3 nitrogen and oxygen atoms in total. The fourth-order valence-electron chi connectivity index (χ4n) is 3.54. The fraction of sp³-hybridized carbons (Fsp3) is 0.533. The van der Waals surface area contributed by atoms with Crippen molar-refractivity contribution in [3.05, 3.63) is 29.6 Å². The Morgan fingerprint density at radius 2 is 2.05 bits per heavy atom. The third kappa shape index (κ3) is 2.20. The van der Waals surface area contributed by atoms with Gasteiger partial charge in [0.25, 0.3) is 5.91 Å². The zero-order valence-electron chi connectivity index (χ0n) is 10.8. The van der Waals surface area contributed by atoms with E-state index in [1.165, 1.54) is 25.0 Å². The van der Waals surface area contributed by atoms with E-state index in [0.717, 1.165) is 31.9 Å². The van der Waals surface area contributed by atoms with Crippen molar-refractivity contribution in [1.82, 2.24) is 4.90 Å². The number of carbonyl (C=O) groups is 1. The Kier molecular flexibility index (Phi) is 3.17. The summed E-state index contributed by atoms with van der Waals surface area (Å²) in [5.41, 5.74) is 0.0903. The van der Waals surface area contributed by atoms with Crippen LogP contribution in [-0.2, 0) is 0 Å². The van der Waals surface area contributed by atoms with E-state index in [4.69, 9.17) is 0 Å². The van der Waals surface area contributed by atoms with Crippen molar-refractivity contribution in [3.8, 4) is 5.75 Å². The average Bonchev–Trinajstić information content (AvgIpc) is 2.89. The summed E-state index contributed by atoms with van der Waals surface area (Å²) in [4.78, 5) is 14.4. The number of piperidine rings is 1. The largest absolute Gasteiger partial charge is 0.507 e. The molecule has 0 spiro atoms. The monoisotopic (exact) mass is 263 g/mol. The molecule has 0 radical (unpaired) electrons. The predicted molar refractivity (Wildman–Crippen MR) is 69.5 cm³/mol. The molecule has 0 aromatic heterocycles. The maximum atomic E-state index is 13.3. The number of phenols is 1. The normalized spacial score (nSPS) is 26.3. The van der Waals surface area contributed by atoms with Gasteiger partial charge in [-0.2, -0.15) is 0 Å². The highest BCUT2D eigenvalue weighted by atomic mass is 19.1. The highest BCUT2D eigenvalue weighted by Crippen LogP contribution is 2.38. The lowest BCUT2D eigenvalue weighted by Crippen LogP contribution is -2.46. The van der Waals surface area contributed by atoms with Gasteiger partial charge in [-0.25, -0.2) is 4.39 Å². The van der Waals surface area contributed by atoms with Gasteiger partial charge < -0.3 is 10.0 Å². The number of halogens is 1. The van der Waals surface area contributed by atoms with Crippen LogP contribution in [0.3, 0.4) is 0 Å². The van der Waals surface area contributed by atoms with E-state index >= 15 is 0 Å².